The molecule has 1 amide bonds. The molecular weight excluding hydrogens is 252 g/mol. The van der Waals surface area contributed by atoms with Gasteiger partial charge in [0.15, 0.2) is 0 Å². The molecule has 0 saturated carbocycles. The molecule has 0 fully saturated rings. The zero-order valence-corrected chi connectivity index (χ0v) is 11.9. The minimum absolute atomic E-state index is 0.176. The predicted molar refractivity (Wildman–Crippen MR) is 78.6 cm³/mol. The number of carbonyl (C=O) groups is 1. The second kappa shape index (κ2) is 5.69. The van der Waals surface area contributed by atoms with Crippen LogP contribution in [0.3, 0.4) is 0 Å². The number of nitrogens with two attached hydrogens (primary N) is 1. The van der Waals surface area contributed by atoms with Gasteiger partial charge in [0, 0.05) is 13.6 Å². The van der Waals surface area contributed by atoms with E-state index in [0.717, 1.165) is 0 Å². The van der Waals surface area contributed by atoms with E-state index in [9.17, 15) is 4.79 Å². The van der Waals surface area contributed by atoms with Crippen molar-refractivity contribution in [1.82, 2.24) is 9.97 Å². The zero-order chi connectivity index (χ0) is 14.7. The molecule has 2 rings (SSSR count). The molecule has 1 aromatic heterocycles. The summed E-state index contributed by atoms with van der Waals surface area (Å²) in [6.45, 7) is 4.85. The first-order chi connectivity index (χ1) is 9.47. The Morgan fingerprint density at radius 3 is 2.70 bits per heavy atom. The maximum absolute atomic E-state index is 11.1. The minimum Gasteiger partial charge on any atom is -0.364 e. The Hall–Kier alpha value is -2.43. The number of nitrogens with zero attached hydrogens (tertiary/aromatic N) is 3. The van der Waals surface area contributed by atoms with Gasteiger partial charge >= 0.3 is 0 Å². The Morgan fingerprint density at radius 2 is 2.05 bits per heavy atom. The summed E-state index contributed by atoms with van der Waals surface area (Å²) in [4.78, 5) is 21.3. The van der Waals surface area contributed by atoms with Crippen LogP contribution in [-0.4, -0.2) is 22.9 Å². The van der Waals surface area contributed by atoms with Crippen molar-refractivity contribution in [2.75, 3.05) is 11.9 Å². The summed E-state index contributed by atoms with van der Waals surface area (Å²) >= 11 is 0. The summed E-state index contributed by atoms with van der Waals surface area (Å²) in [6.07, 6.45) is 2.99. The topological polar surface area (TPSA) is 72.1 Å². The van der Waals surface area contributed by atoms with Crippen LogP contribution in [0.2, 0.25) is 0 Å². The fourth-order valence-electron chi connectivity index (χ4n) is 2.02. The van der Waals surface area contributed by atoms with Crippen LogP contribution in [-0.2, 0) is 6.54 Å². The van der Waals surface area contributed by atoms with Gasteiger partial charge in [0.2, 0.25) is 0 Å². The SMILES string of the molecule is Cc1ccc(CN(C)c2cncc(C(N)=O)n2)c(C)c1. The number of amides is 1. The molecule has 0 aliphatic rings. The van der Waals surface area contributed by atoms with Gasteiger partial charge in [-0.3, -0.25) is 9.78 Å². The summed E-state index contributed by atoms with van der Waals surface area (Å²) in [5.41, 5.74) is 9.08. The van der Waals surface area contributed by atoms with Gasteiger partial charge in [-0.1, -0.05) is 23.8 Å². The van der Waals surface area contributed by atoms with Crippen molar-refractivity contribution >= 4 is 11.7 Å². The van der Waals surface area contributed by atoms with Gasteiger partial charge < -0.3 is 10.6 Å². The van der Waals surface area contributed by atoms with Crippen molar-refractivity contribution in [2.24, 2.45) is 5.73 Å². The molecule has 2 N–H and O–H groups in total. The lowest BCUT2D eigenvalue weighted by molar-refractivity contribution is 0.0995. The summed E-state index contributed by atoms with van der Waals surface area (Å²) in [6, 6.07) is 6.34. The quantitative estimate of drug-likeness (QED) is 0.920. The van der Waals surface area contributed by atoms with Crippen LogP contribution in [0.1, 0.15) is 27.2 Å². The molecule has 0 radical (unpaired) electrons. The van der Waals surface area contributed by atoms with E-state index < -0.39 is 5.91 Å². The van der Waals surface area contributed by atoms with Gasteiger partial charge in [-0.2, -0.15) is 0 Å². The van der Waals surface area contributed by atoms with Crippen LogP contribution in [0.5, 0.6) is 0 Å². The van der Waals surface area contributed by atoms with E-state index in [-0.39, 0.29) is 5.69 Å². The Bertz CT molecular complexity index is 640. The van der Waals surface area contributed by atoms with Crippen LogP contribution in [0.25, 0.3) is 0 Å². The second-order valence-corrected chi connectivity index (χ2v) is 4.91. The highest BCUT2D eigenvalue weighted by molar-refractivity contribution is 5.90. The highest BCUT2D eigenvalue weighted by Crippen LogP contribution is 2.16. The fourth-order valence-corrected chi connectivity index (χ4v) is 2.02. The van der Waals surface area contributed by atoms with E-state index in [2.05, 4.69) is 42.0 Å². The van der Waals surface area contributed by atoms with Crippen LogP contribution < -0.4 is 10.6 Å². The molecular formula is C15H18N4O. The zero-order valence-electron chi connectivity index (χ0n) is 11.9. The lowest BCUT2D eigenvalue weighted by Gasteiger charge is -2.19. The number of carbonyl (C=O) groups excluding carboxylic acids is 1. The molecule has 0 unspecified atom stereocenters. The lowest BCUT2D eigenvalue weighted by Crippen LogP contribution is -2.21. The molecule has 0 atom stereocenters. The van der Waals surface area contributed by atoms with E-state index >= 15 is 0 Å². The van der Waals surface area contributed by atoms with Crippen LogP contribution in [0, 0.1) is 13.8 Å². The van der Waals surface area contributed by atoms with E-state index in [0.29, 0.717) is 12.4 Å². The molecule has 5 nitrogen and oxygen atoms in total. The Morgan fingerprint density at radius 1 is 1.30 bits per heavy atom. The third-order valence-corrected chi connectivity index (χ3v) is 3.17. The maximum atomic E-state index is 11.1. The van der Waals surface area contributed by atoms with Crippen molar-refractivity contribution in [2.45, 2.75) is 20.4 Å². The maximum Gasteiger partial charge on any atom is 0.268 e. The van der Waals surface area contributed by atoms with Gasteiger partial charge in [0.25, 0.3) is 5.91 Å². The van der Waals surface area contributed by atoms with Crippen molar-refractivity contribution in [3.8, 4) is 0 Å². The van der Waals surface area contributed by atoms with Gasteiger partial charge in [0.05, 0.1) is 12.4 Å². The first kappa shape index (κ1) is 14.0. The van der Waals surface area contributed by atoms with Crippen molar-refractivity contribution in [3.63, 3.8) is 0 Å². The Kier molecular flexibility index (Phi) is 3.98. The van der Waals surface area contributed by atoms with Gasteiger partial charge in [-0.05, 0) is 25.0 Å². The number of benzene rings is 1. The Labute approximate surface area is 118 Å². The van der Waals surface area contributed by atoms with Crippen molar-refractivity contribution in [1.29, 1.82) is 0 Å². The van der Waals surface area contributed by atoms with Crippen LogP contribution in [0.15, 0.2) is 30.6 Å². The third-order valence-electron chi connectivity index (χ3n) is 3.17. The smallest absolute Gasteiger partial charge is 0.268 e. The number of primary amides is 1. The molecule has 0 aliphatic carbocycles. The number of anilines is 1. The third kappa shape index (κ3) is 3.12. The predicted octanol–water partition coefficient (Wildman–Crippen LogP) is 1.83. The lowest BCUT2D eigenvalue weighted by atomic mass is 10.1. The molecule has 0 aliphatic heterocycles. The van der Waals surface area contributed by atoms with E-state index in [1.54, 1.807) is 6.20 Å². The molecule has 0 spiro atoms. The highest BCUT2D eigenvalue weighted by Gasteiger charge is 2.09. The van der Waals surface area contributed by atoms with E-state index in [4.69, 9.17) is 5.73 Å². The molecule has 2 aromatic rings. The normalized spacial score (nSPS) is 10.3. The average molecular weight is 270 g/mol. The van der Waals surface area contributed by atoms with Crippen molar-refractivity contribution in [3.05, 3.63) is 53.0 Å². The van der Waals surface area contributed by atoms with Crippen LogP contribution in [0.4, 0.5) is 5.82 Å². The van der Waals surface area contributed by atoms with E-state index in [1.807, 2.05) is 11.9 Å². The summed E-state index contributed by atoms with van der Waals surface area (Å²) in [5.74, 6) is 0.0561. The van der Waals surface area contributed by atoms with Gasteiger partial charge in [-0.15, -0.1) is 0 Å². The first-order valence-corrected chi connectivity index (χ1v) is 6.36. The molecule has 0 saturated heterocycles. The highest BCUT2D eigenvalue weighted by atomic mass is 16.1. The molecule has 104 valence electrons. The fraction of sp³-hybridized carbons (Fsp3) is 0.267. The summed E-state index contributed by atoms with van der Waals surface area (Å²) in [7, 11) is 1.91. The summed E-state index contributed by atoms with van der Waals surface area (Å²) < 4.78 is 0. The molecule has 0 bridgehead atoms. The van der Waals surface area contributed by atoms with E-state index in [1.165, 1.54) is 22.9 Å². The van der Waals surface area contributed by atoms with Crippen molar-refractivity contribution < 1.29 is 4.79 Å². The number of aryl methyl sites for hydroxylation is 2. The minimum atomic E-state index is -0.570. The first-order valence-electron chi connectivity index (χ1n) is 6.36. The monoisotopic (exact) mass is 270 g/mol. The number of aromatic nitrogens is 2. The molecule has 5 heteroatoms. The standard InChI is InChI=1S/C15H18N4O/c1-10-4-5-12(11(2)6-10)9-19(3)14-8-17-7-13(18-14)15(16)20/h4-8H,9H2,1-3H3,(H2,16,20). The van der Waals surface area contributed by atoms with Gasteiger partial charge in [-0.25, -0.2) is 4.98 Å². The number of hydrogen-bond acceptors (Lipinski definition) is 4. The number of hydrogen-bond donors (Lipinski definition) is 1. The molecule has 1 heterocycles. The molecule has 20 heavy (non-hydrogen) atoms. The second-order valence-electron chi connectivity index (χ2n) is 4.91. The van der Waals surface area contributed by atoms with Crippen LogP contribution >= 0.6 is 0 Å². The largest absolute Gasteiger partial charge is 0.364 e. The average Bonchev–Trinajstić information content (AvgIpc) is 2.42. The van der Waals surface area contributed by atoms with Gasteiger partial charge in [0.1, 0.15) is 11.5 Å². The number of rotatable bonds is 4. The Balaban J connectivity index is 2.21. The summed E-state index contributed by atoms with van der Waals surface area (Å²) in [5, 5.41) is 0. The molecule has 1 aromatic carbocycles.